The second kappa shape index (κ2) is 53.0. The topological polar surface area (TPSA) is 390 Å². The van der Waals surface area contributed by atoms with Crippen molar-refractivity contribution in [1.29, 1.82) is 0 Å². The molecular weight excluding hydrogens is 1530 g/mol. The van der Waals surface area contributed by atoms with Crippen LogP contribution in [0.1, 0.15) is 99.4 Å². The van der Waals surface area contributed by atoms with Crippen molar-refractivity contribution in [3.63, 3.8) is 0 Å². The van der Waals surface area contributed by atoms with E-state index < -0.39 is 0 Å². The summed E-state index contributed by atoms with van der Waals surface area (Å²) in [5.41, 5.74) is 99.5. The average molecular weight is 1670 g/mol. The number of anilines is 3. The maximum atomic E-state index is 6.15. The van der Waals surface area contributed by atoms with Crippen LogP contribution in [0.5, 0.6) is 0 Å². The molecule has 0 heterocycles. The lowest BCUT2D eigenvalue weighted by atomic mass is 9.65. The summed E-state index contributed by atoms with van der Waals surface area (Å²) in [6, 6.07) is 85.5. The summed E-state index contributed by atoms with van der Waals surface area (Å²) >= 11 is 0. The molecule has 0 bridgehead atoms. The van der Waals surface area contributed by atoms with E-state index in [1.165, 1.54) is 88.3 Å². The largest absolute Gasteiger partial charge is 0.398 e. The second-order valence-corrected chi connectivity index (χ2v) is 30.0. The van der Waals surface area contributed by atoms with Crippen molar-refractivity contribution in [3.05, 3.63) is 401 Å². The number of benzene rings is 14. The minimum atomic E-state index is 0. The van der Waals surface area contributed by atoms with E-state index in [1.807, 2.05) is 133 Å². The fourth-order valence-corrected chi connectivity index (χ4v) is 15.8. The molecule has 125 heavy (non-hydrogen) atoms. The number of rotatable bonds is 6. The highest BCUT2D eigenvalue weighted by molar-refractivity contribution is 6.10. The Balaban J connectivity index is 0.000000194. The molecule has 0 aliphatic heterocycles. The maximum Gasteiger partial charge on any atom is 0.0397 e. The zero-order valence-electron chi connectivity index (χ0n) is 73.4. The summed E-state index contributed by atoms with van der Waals surface area (Å²) in [5.74, 6) is 2.50. The molecule has 6 aliphatic rings. The Bertz CT molecular complexity index is 5830. The summed E-state index contributed by atoms with van der Waals surface area (Å²) in [6.07, 6.45) is 32.6. The molecule has 14 aromatic carbocycles. The van der Waals surface area contributed by atoms with E-state index in [2.05, 4.69) is 243 Å². The monoisotopic (exact) mass is 1670 g/mol. The first kappa shape index (κ1) is 99.8. The summed E-state index contributed by atoms with van der Waals surface area (Å²) in [5, 5.41) is 19.2. The van der Waals surface area contributed by atoms with Crippen LogP contribution >= 0.6 is 0 Å². The molecule has 6 aliphatic carbocycles. The highest BCUT2D eigenvalue weighted by Gasteiger charge is 2.36. The van der Waals surface area contributed by atoms with Crippen LogP contribution in [-0.2, 0) is 45.7 Å². The Morgan fingerprint density at radius 3 is 1.15 bits per heavy atom. The number of nitrogens with two attached hydrogens (primary N) is 15. The van der Waals surface area contributed by atoms with Crippen molar-refractivity contribution in [2.24, 2.45) is 86.6 Å². The minimum Gasteiger partial charge on any atom is -0.398 e. The normalized spacial score (nSPS) is 14.7. The number of fused-ring (bicyclic) bond motifs is 12. The molecule has 0 radical (unpaired) electrons. The third-order valence-electron chi connectivity index (χ3n) is 21.2. The highest BCUT2D eigenvalue weighted by Crippen LogP contribution is 2.48. The Labute approximate surface area is 742 Å². The highest BCUT2D eigenvalue weighted by atomic mass is 14.6. The number of nitrogen functional groups attached to an aromatic ring is 3. The van der Waals surface area contributed by atoms with Gasteiger partial charge in [0.05, 0.1) is 0 Å². The molecule has 652 valence electrons. The third-order valence-corrected chi connectivity index (χ3v) is 21.2. The van der Waals surface area contributed by atoms with Crippen LogP contribution in [-0.4, -0.2) is 39.3 Å². The van der Waals surface area contributed by atoms with Gasteiger partial charge in [0.15, 0.2) is 0 Å². The Morgan fingerprint density at radius 2 is 0.656 bits per heavy atom. The SMILES string of the molecule is C.C1=CC2=CC=C3C=CC=C4C=CC(=C1)C2C43.C1=CC2Cc3ccccc3C2C=C1.CCN.CCN.CCN.CCN.CCN.CCN.NCc1c2ccccc2c(CN)c2c(N)cccc12.NCc1ccc2c(N)cccc2c1.NCc1ccc2ccc3ccc(CN)cc3c2c1.NCc1cccc2c(N)cccc12.c1ccc2cc3ccccc3cc2c1. The molecule has 0 fully saturated rings. The van der Waals surface area contributed by atoms with Gasteiger partial charge in [0.2, 0.25) is 0 Å². The van der Waals surface area contributed by atoms with Gasteiger partial charge in [0, 0.05) is 90.2 Å². The van der Waals surface area contributed by atoms with Gasteiger partial charge in [-0.15, -0.1) is 0 Å². The summed E-state index contributed by atoms with van der Waals surface area (Å²) in [4.78, 5) is 0. The van der Waals surface area contributed by atoms with Crippen LogP contribution in [0.4, 0.5) is 17.1 Å². The smallest absolute Gasteiger partial charge is 0.0397 e. The van der Waals surface area contributed by atoms with E-state index in [0.717, 1.165) is 133 Å². The van der Waals surface area contributed by atoms with Crippen molar-refractivity contribution < 1.29 is 0 Å². The summed E-state index contributed by atoms with van der Waals surface area (Å²) in [6.45, 7) is 19.2. The fraction of sp³-hybridized carbons (Fsp3) is 0.218. The van der Waals surface area contributed by atoms with E-state index in [0.29, 0.717) is 57.0 Å². The molecule has 4 unspecified atom stereocenters. The summed E-state index contributed by atoms with van der Waals surface area (Å²) in [7, 11) is 0. The molecule has 15 nitrogen and oxygen atoms in total. The number of hydrogen-bond acceptors (Lipinski definition) is 15. The lowest BCUT2D eigenvalue weighted by Crippen LogP contribution is -2.28. The van der Waals surface area contributed by atoms with Crippen molar-refractivity contribution in [2.45, 2.75) is 101 Å². The average Bonchev–Trinajstić information content (AvgIpc) is 1.05. The van der Waals surface area contributed by atoms with E-state index >= 15 is 0 Å². The third kappa shape index (κ3) is 26.6. The van der Waals surface area contributed by atoms with Gasteiger partial charge in [-0.3, -0.25) is 0 Å². The standard InChI is InChI=1S/C16H17N3.C16H16N2.C16H12.C14H10.C13H12.2C11H12N2.6C2H7N.CH4/c17-8-13-10-4-1-2-5-11(10)14(9-18)16-12(13)6-3-7-15(16)19;17-9-11-1-3-13-5-6-14-4-2-12(10-18)8-16(14)15(13)7-11;1-3-11-7-9-13-5-2-6-14-10-8-12(4-1)15(11)16(13)14;1-2-6-12-10-14-8-4-3-7-13(14)9-11(12)5-1;1-3-7-12-10(5-1)9-11-6-2-4-8-13(11)12;12-7-8-3-1-5-10-9(8)4-2-6-11(10)13;12-7-8-4-5-10-9(6-8)2-1-3-11(10)13;6*1-2-3;/h1-7H,8-9,17-19H2;1-8H,9-10,17-18H2;1-10,15-16H;1-10H;1-8,10,12H,9H2;2*1-6H,7,12-13H2;6*2-3H2,1H3;1H4. The molecule has 4 atom stereocenters. The van der Waals surface area contributed by atoms with Crippen molar-refractivity contribution in [1.82, 2.24) is 0 Å². The molecular formula is C110H137N15. The number of allylic oxidation sites excluding steroid dienone is 18. The van der Waals surface area contributed by atoms with E-state index in [-0.39, 0.29) is 7.43 Å². The van der Waals surface area contributed by atoms with Crippen LogP contribution in [0.2, 0.25) is 0 Å². The molecule has 20 rings (SSSR count). The zero-order valence-corrected chi connectivity index (χ0v) is 73.4. The summed E-state index contributed by atoms with van der Waals surface area (Å²) < 4.78 is 0. The Kier molecular flexibility index (Phi) is 42.4. The van der Waals surface area contributed by atoms with Crippen LogP contribution in [0.15, 0.2) is 356 Å². The van der Waals surface area contributed by atoms with Crippen molar-refractivity contribution in [2.75, 3.05) is 56.5 Å². The number of hydrogen-bond donors (Lipinski definition) is 15. The first-order valence-corrected chi connectivity index (χ1v) is 43.3. The van der Waals surface area contributed by atoms with Gasteiger partial charge >= 0.3 is 0 Å². The van der Waals surface area contributed by atoms with E-state index in [4.69, 9.17) is 86.0 Å². The van der Waals surface area contributed by atoms with Crippen LogP contribution < -0.4 is 86.0 Å². The van der Waals surface area contributed by atoms with Crippen molar-refractivity contribution in [3.8, 4) is 0 Å². The zero-order chi connectivity index (χ0) is 89.3. The van der Waals surface area contributed by atoms with Gasteiger partial charge in [-0.05, 0) is 237 Å². The lowest BCUT2D eigenvalue weighted by molar-refractivity contribution is 0.564. The second-order valence-electron chi connectivity index (χ2n) is 30.0. The van der Waals surface area contributed by atoms with Crippen LogP contribution in [0.25, 0.3) is 86.2 Å². The minimum absolute atomic E-state index is 0. The molecule has 0 aromatic heterocycles. The van der Waals surface area contributed by atoms with Gasteiger partial charge in [-0.2, -0.15) is 0 Å². The van der Waals surface area contributed by atoms with Gasteiger partial charge in [0.25, 0.3) is 0 Å². The molecule has 30 N–H and O–H groups in total. The van der Waals surface area contributed by atoms with Crippen LogP contribution in [0.3, 0.4) is 0 Å². The maximum absolute atomic E-state index is 6.15. The Hall–Kier alpha value is -12.3. The van der Waals surface area contributed by atoms with E-state index in [9.17, 15) is 0 Å². The van der Waals surface area contributed by atoms with Gasteiger partial charge in [-0.1, -0.05) is 334 Å². The van der Waals surface area contributed by atoms with Gasteiger partial charge in [-0.25, -0.2) is 0 Å². The first-order chi connectivity index (χ1) is 60.5. The Morgan fingerprint density at radius 1 is 0.272 bits per heavy atom. The molecule has 15 heteroatoms. The molecule has 0 amide bonds. The van der Waals surface area contributed by atoms with Gasteiger partial charge < -0.3 is 86.0 Å². The quantitative estimate of drug-likeness (QED) is 0.0418. The molecule has 14 aromatic rings. The van der Waals surface area contributed by atoms with E-state index in [1.54, 1.807) is 0 Å². The molecule has 0 saturated heterocycles. The predicted octanol–water partition coefficient (Wildman–Crippen LogP) is 20.3. The predicted molar refractivity (Wildman–Crippen MR) is 549 cm³/mol. The van der Waals surface area contributed by atoms with Crippen LogP contribution in [0, 0.1) is 17.8 Å². The first-order valence-electron chi connectivity index (χ1n) is 43.3. The fourth-order valence-electron chi connectivity index (χ4n) is 15.8. The lowest BCUT2D eigenvalue weighted by Gasteiger charge is -2.39. The molecule has 0 saturated carbocycles. The van der Waals surface area contributed by atoms with Gasteiger partial charge in [0.1, 0.15) is 0 Å². The van der Waals surface area contributed by atoms with Crippen molar-refractivity contribution >= 4 is 103 Å². The molecule has 0 spiro atoms.